The number of pyridine rings is 1. The normalized spacial score (nSPS) is 13.2. The molecule has 3 rings (SSSR count). The van der Waals surface area contributed by atoms with Gasteiger partial charge in [0, 0.05) is 35.9 Å². The Morgan fingerprint density at radius 1 is 1.32 bits per heavy atom. The fourth-order valence-electron chi connectivity index (χ4n) is 1.69. The van der Waals surface area contributed by atoms with E-state index in [1.165, 1.54) is 11.9 Å². The zero-order valence-corrected chi connectivity index (χ0v) is 11.5. The molecule has 0 unspecified atom stereocenters. The van der Waals surface area contributed by atoms with Crippen LogP contribution in [0.15, 0.2) is 52.0 Å². The van der Waals surface area contributed by atoms with Crippen LogP contribution in [0.5, 0.6) is 0 Å². The van der Waals surface area contributed by atoms with Gasteiger partial charge in [-0.1, -0.05) is 17.7 Å². The smallest absolute Gasteiger partial charge is 0.208 e. The molecule has 6 heteroatoms. The molecule has 0 fully saturated rings. The summed E-state index contributed by atoms with van der Waals surface area (Å²) < 4.78 is 4.36. The predicted molar refractivity (Wildman–Crippen MR) is 79.4 cm³/mol. The average molecular weight is 291 g/mol. The Hall–Kier alpha value is -1.72. The highest BCUT2D eigenvalue weighted by Crippen LogP contribution is 2.33. The first-order valence-corrected chi connectivity index (χ1v) is 6.91. The van der Waals surface area contributed by atoms with Crippen LogP contribution >= 0.6 is 23.5 Å². The van der Waals surface area contributed by atoms with E-state index in [1.54, 1.807) is 6.20 Å². The standard InChI is InChI=1S/C13H11ClN4S/c14-10-3-4-11-12(6-10)19-18-13(17-11)16-8-9-2-1-5-15-7-9/h1-7H,8H2,(H2,16,17,18). The third-order valence-electron chi connectivity index (χ3n) is 2.61. The van der Waals surface area contributed by atoms with E-state index in [0.717, 1.165) is 27.1 Å². The van der Waals surface area contributed by atoms with Crippen LogP contribution in [0.4, 0.5) is 5.69 Å². The number of fused-ring (bicyclic) bond motifs is 1. The number of benzene rings is 1. The quantitative estimate of drug-likeness (QED) is 0.833. The van der Waals surface area contributed by atoms with Gasteiger partial charge in [0.05, 0.1) is 10.6 Å². The highest BCUT2D eigenvalue weighted by molar-refractivity contribution is 7.98. The van der Waals surface area contributed by atoms with Gasteiger partial charge in [-0.2, -0.15) is 4.40 Å². The summed E-state index contributed by atoms with van der Waals surface area (Å²) in [6, 6.07) is 9.64. The Morgan fingerprint density at radius 2 is 2.26 bits per heavy atom. The van der Waals surface area contributed by atoms with Crippen LogP contribution in [0.2, 0.25) is 5.02 Å². The zero-order valence-electron chi connectivity index (χ0n) is 9.93. The molecule has 0 spiro atoms. The van der Waals surface area contributed by atoms with Crippen LogP contribution in [0.25, 0.3) is 0 Å². The molecule has 2 aromatic rings. The van der Waals surface area contributed by atoms with Crippen molar-refractivity contribution >= 4 is 35.2 Å². The van der Waals surface area contributed by atoms with Gasteiger partial charge in [0.15, 0.2) is 0 Å². The maximum absolute atomic E-state index is 5.94. The zero-order chi connectivity index (χ0) is 13.1. The van der Waals surface area contributed by atoms with E-state index in [1.807, 2.05) is 36.5 Å². The molecule has 1 aliphatic heterocycles. The van der Waals surface area contributed by atoms with Crippen molar-refractivity contribution < 1.29 is 0 Å². The Kier molecular flexibility index (Phi) is 3.57. The fraction of sp³-hybridized carbons (Fsp3) is 0.0769. The van der Waals surface area contributed by atoms with E-state index < -0.39 is 0 Å². The van der Waals surface area contributed by atoms with Gasteiger partial charge in [0.1, 0.15) is 0 Å². The molecular formula is C13H11ClN4S. The third kappa shape index (κ3) is 3.00. The van der Waals surface area contributed by atoms with Gasteiger partial charge < -0.3 is 10.6 Å². The van der Waals surface area contributed by atoms with Crippen LogP contribution in [0.1, 0.15) is 5.56 Å². The topological polar surface area (TPSA) is 49.3 Å². The SMILES string of the molecule is Clc1ccc2c(c1)SN=C(NCc1cccnc1)N2. The Labute approximate surface area is 120 Å². The van der Waals surface area contributed by atoms with Gasteiger partial charge in [0.2, 0.25) is 5.96 Å². The van der Waals surface area contributed by atoms with Crippen molar-refractivity contribution in [2.24, 2.45) is 4.40 Å². The first kappa shape index (κ1) is 12.3. The summed E-state index contributed by atoms with van der Waals surface area (Å²) in [6.07, 6.45) is 3.59. The molecule has 4 nitrogen and oxygen atoms in total. The first-order valence-electron chi connectivity index (χ1n) is 5.75. The number of rotatable bonds is 2. The van der Waals surface area contributed by atoms with Crippen molar-refractivity contribution in [1.82, 2.24) is 10.3 Å². The second-order valence-electron chi connectivity index (χ2n) is 4.01. The molecule has 0 saturated heterocycles. The van der Waals surface area contributed by atoms with Crippen molar-refractivity contribution in [3.8, 4) is 0 Å². The highest BCUT2D eigenvalue weighted by Gasteiger charge is 2.12. The number of nitrogens with zero attached hydrogens (tertiary/aromatic N) is 2. The summed E-state index contributed by atoms with van der Waals surface area (Å²) in [6.45, 7) is 0.684. The number of hydrogen-bond acceptors (Lipinski definition) is 5. The van der Waals surface area contributed by atoms with Crippen LogP contribution in [-0.2, 0) is 6.54 Å². The fourth-order valence-corrected chi connectivity index (χ4v) is 2.62. The average Bonchev–Trinajstić information content (AvgIpc) is 2.46. The molecule has 19 heavy (non-hydrogen) atoms. The lowest BCUT2D eigenvalue weighted by atomic mass is 10.3. The maximum Gasteiger partial charge on any atom is 0.208 e. The Balaban J connectivity index is 1.66. The summed E-state index contributed by atoms with van der Waals surface area (Å²) in [5, 5.41) is 7.19. The number of halogens is 1. The molecule has 0 bridgehead atoms. The number of guanidine groups is 1. The van der Waals surface area contributed by atoms with E-state index in [2.05, 4.69) is 20.0 Å². The Morgan fingerprint density at radius 3 is 3.11 bits per heavy atom. The molecular weight excluding hydrogens is 280 g/mol. The molecule has 1 aromatic carbocycles. The minimum atomic E-state index is 0.684. The number of anilines is 1. The molecule has 2 heterocycles. The van der Waals surface area contributed by atoms with Crippen molar-refractivity contribution in [2.75, 3.05) is 5.32 Å². The molecule has 0 radical (unpaired) electrons. The maximum atomic E-state index is 5.94. The van der Waals surface area contributed by atoms with E-state index in [4.69, 9.17) is 11.6 Å². The van der Waals surface area contributed by atoms with Gasteiger partial charge in [-0.25, -0.2) is 0 Å². The van der Waals surface area contributed by atoms with Crippen molar-refractivity contribution in [1.29, 1.82) is 0 Å². The lowest BCUT2D eigenvalue weighted by molar-refractivity contribution is 0.904. The van der Waals surface area contributed by atoms with Gasteiger partial charge in [0.25, 0.3) is 0 Å². The number of hydrogen-bond donors (Lipinski definition) is 2. The molecule has 96 valence electrons. The van der Waals surface area contributed by atoms with E-state index in [0.29, 0.717) is 6.54 Å². The largest absolute Gasteiger partial charge is 0.351 e. The summed E-state index contributed by atoms with van der Waals surface area (Å²) in [5.41, 5.74) is 2.12. The van der Waals surface area contributed by atoms with Crippen molar-refractivity contribution in [2.45, 2.75) is 11.4 Å². The molecule has 0 amide bonds. The molecule has 0 atom stereocenters. The second kappa shape index (κ2) is 5.50. The summed E-state index contributed by atoms with van der Waals surface area (Å²) in [7, 11) is 0. The lowest BCUT2D eigenvalue weighted by Crippen LogP contribution is -2.31. The van der Waals surface area contributed by atoms with E-state index in [9.17, 15) is 0 Å². The van der Waals surface area contributed by atoms with Crippen LogP contribution in [0, 0.1) is 0 Å². The van der Waals surface area contributed by atoms with Gasteiger partial charge in [-0.15, -0.1) is 0 Å². The van der Waals surface area contributed by atoms with Gasteiger partial charge in [-0.3, -0.25) is 4.98 Å². The summed E-state index contributed by atoms with van der Waals surface area (Å²) in [5.74, 6) is 0.740. The predicted octanol–water partition coefficient (Wildman–Crippen LogP) is 3.31. The van der Waals surface area contributed by atoms with E-state index in [-0.39, 0.29) is 0 Å². The van der Waals surface area contributed by atoms with Crippen LogP contribution < -0.4 is 10.6 Å². The molecule has 1 aliphatic rings. The molecule has 1 aromatic heterocycles. The molecule has 0 aliphatic carbocycles. The van der Waals surface area contributed by atoms with Crippen LogP contribution in [-0.4, -0.2) is 10.9 Å². The monoisotopic (exact) mass is 290 g/mol. The van der Waals surface area contributed by atoms with Gasteiger partial charge >= 0.3 is 0 Å². The summed E-state index contributed by atoms with van der Waals surface area (Å²) in [4.78, 5) is 5.10. The minimum absolute atomic E-state index is 0.684. The second-order valence-corrected chi connectivity index (χ2v) is 5.25. The molecule has 0 saturated carbocycles. The summed E-state index contributed by atoms with van der Waals surface area (Å²) >= 11 is 7.35. The molecule has 2 N–H and O–H groups in total. The highest BCUT2D eigenvalue weighted by atomic mass is 35.5. The third-order valence-corrected chi connectivity index (χ3v) is 3.66. The van der Waals surface area contributed by atoms with Crippen molar-refractivity contribution in [3.05, 3.63) is 53.3 Å². The first-order chi connectivity index (χ1) is 9.31. The number of aromatic nitrogens is 1. The number of nitrogens with one attached hydrogen (secondary N) is 2. The van der Waals surface area contributed by atoms with E-state index >= 15 is 0 Å². The Bertz CT molecular complexity index is 615. The van der Waals surface area contributed by atoms with Crippen LogP contribution in [0.3, 0.4) is 0 Å². The van der Waals surface area contributed by atoms with Crippen molar-refractivity contribution in [3.63, 3.8) is 0 Å². The minimum Gasteiger partial charge on any atom is -0.351 e. The lowest BCUT2D eigenvalue weighted by Gasteiger charge is -2.18. The van der Waals surface area contributed by atoms with Gasteiger partial charge in [-0.05, 0) is 29.8 Å².